The third-order valence-electron chi connectivity index (χ3n) is 4.75. The summed E-state index contributed by atoms with van der Waals surface area (Å²) >= 11 is 0. The molecule has 0 bridgehead atoms. The third-order valence-corrected chi connectivity index (χ3v) is 4.75. The first-order chi connectivity index (χ1) is 9.73. The van der Waals surface area contributed by atoms with E-state index in [-0.39, 0.29) is 0 Å². The first-order valence-electron chi connectivity index (χ1n) is 7.63. The van der Waals surface area contributed by atoms with Crippen LogP contribution in [0.3, 0.4) is 0 Å². The molecule has 0 aliphatic carbocycles. The highest BCUT2D eigenvalue weighted by Gasteiger charge is 2.37. The Kier molecular flexibility index (Phi) is 3.77. The number of benzene rings is 2. The first-order valence-corrected chi connectivity index (χ1v) is 7.63. The van der Waals surface area contributed by atoms with E-state index in [1.165, 1.54) is 16.3 Å². The average Bonchev–Trinajstić information content (AvgIpc) is 2.48. The van der Waals surface area contributed by atoms with Crippen LogP contribution in [0.25, 0.3) is 10.8 Å². The van der Waals surface area contributed by atoms with Crippen molar-refractivity contribution in [3.63, 3.8) is 0 Å². The topological polar surface area (TPSA) is 32.3 Å². The molecule has 3 rings (SSSR count). The molecule has 1 saturated heterocycles. The van der Waals surface area contributed by atoms with Crippen molar-refractivity contribution in [2.24, 2.45) is 5.92 Å². The molecule has 2 nitrogen and oxygen atoms in total. The molecular formula is C18H23NO. The lowest BCUT2D eigenvalue weighted by Gasteiger charge is -2.40. The van der Waals surface area contributed by atoms with Crippen LogP contribution >= 0.6 is 0 Å². The molecule has 0 radical (unpaired) electrons. The maximum absolute atomic E-state index is 11.1. The summed E-state index contributed by atoms with van der Waals surface area (Å²) in [6.07, 6.45) is 2.62. The van der Waals surface area contributed by atoms with Crippen molar-refractivity contribution in [3.05, 3.63) is 48.0 Å². The van der Waals surface area contributed by atoms with Gasteiger partial charge in [0.15, 0.2) is 0 Å². The van der Waals surface area contributed by atoms with E-state index in [2.05, 4.69) is 54.7 Å². The summed E-state index contributed by atoms with van der Waals surface area (Å²) in [6.45, 7) is 4.02. The van der Waals surface area contributed by atoms with Crippen LogP contribution < -0.4 is 5.32 Å². The quantitative estimate of drug-likeness (QED) is 0.897. The molecule has 2 atom stereocenters. The molecule has 2 unspecified atom stereocenters. The third kappa shape index (κ3) is 2.46. The van der Waals surface area contributed by atoms with E-state index in [1.54, 1.807) is 0 Å². The van der Waals surface area contributed by atoms with Crippen molar-refractivity contribution in [1.29, 1.82) is 0 Å². The van der Waals surface area contributed by atoms with E-state index >= 15 is 0 Å². The van der Waals surface area contributed by atoms with Gasteiger partial charge >= 0.3 is 0 Å². The SMILES string of the molecule is CCC1CNCCC1(O)Cc1cccc2ccccc12. The van der Waals surface area contributed by atoms with Crippen LogP contribution in [0.4, 0.5) is 0 Å². The number of hydrogen-bond donors (Lipinski definition) is 2. The maximum atomic E-state index is 11.1. The van der Waals surface area contributed by atoms with Gasteiger partial charge in [0.25, 0.3) is 0 Å². The van der Waals surface area contributed by atoms with E-state index in [0.717, 1.165) is 32.4 Å². The van der Waals surface area contributed by atoms with Crippen LogP contribution in [-0.4, -0.2) is 23.8 Å². The Hall–Kier alpha value is -1.38. The van der Waals surface area contributed by atoms with Crippen molar-refractivity contribution in [1.82, 2.24) is 5.32 Å². The standard InChI is InChI=1S/C18H23NO/c1-2-16-13-19-11-10-18(16,20)12-15-8-5-7-14-6-3-4-9-17(14)15/h3-9,16,19-20H,2,10-13H2,1H3. The van der Waals surface area contributed by atoms with Crippen molar-refractivity contribution < 1.29 is 5.11 Å². The first kappa shape index (κ1) is 13.6. The summed E-state index contributed by atoms with van der Waals surface area (Å²) in [5.41, 5.74) is 0.704. The Morgan fingerprint density at radius 1 is 1.20 bits per heavy atom. The number of fused-ring (bicyclic) bond motifs is 1. The summed E-state index contributed by atoms with van der Waals surface area (Å²) in [7, 11) is 0. The Labute approximate surface area is 120 Å². The van der Waals surface area contributed by atoms with Crippen molar-refractivity contribution in [2.45, 2.75) is 31.8 Å². The molecule has 0 spiro atoms. The van der Waals surface area contributed by atoms with Gasteiger partial charge < -0.3 is 10.4 Å². The van der Waals surface area contributed by atoms with Gasteiger partial charge in [-0.15, -0.1) is 0 Å². The number of piperidine rings is 1. The molecule has 20 heavy (non-hydrogen) atoms. The number of nitrogens with one attached hydrogen (secondary N) is 1. The molecule has 0 aromatic heterocycles. The lowest BCUT2D eigenvalue weighted by molar-refractivity contribution is -0.0411. The fourth-order valence-corrected chi connectivity index (χ4v) is 3.51. The fourth-order valence-electron chi connectivity index (χ4n) is 3.51. The molecule has 0 saturated carbocycles. The van der Waals surface area contributed by atoms with Gasteiger partial charge in [-0.3, -0.25) is 0 Å². The van der Waals surface area contributed by atoms with Gasteiger partial charge in [-0.2, -0.15) is 0 Å². The predicted molar refractivity (Wildman–Crippen MR) is 83.9 cm³/mol. The summed E-state index contributed by atoms with van der Waals surface area (Å²) in [6, 6.07) is 14.9. The van der Waals surface area contributed by atoms with E-state index in [0.29, 0.717) is 5.92 Å². The summed E-state index contributed by atoms with van der Waals surface area (Å²) in [5.74, 6) is 0.343. The van der Waals surface area contributed by atoms with E-state index in [4.69, 9.17) is 0 Å². The molecule has 1 fully saturated rings. The number of rotatable bonds is 3. The van der Waals surface area contributed by atoms with Gasteiger partial charge in [-0.1, -0.05) is 49.4 Å². The molecule has 1 aliphatic rings. The van der Waals surface area contributed by atoms with Gasteiger partial charge in [0, 0.05) is 18.9 Å². The summed E-state index contributed by atoms with van der Waals surface area (Å²) in [5, 5.41) is 17.0. The van der Waals surface area contributed by atoms with Crippen LogP contribution in [-0.2, 0) is 6.42 Å². The minimum absolute atomic E-state index is 0.343. The average molecular weight is 269 g/mol. The molecule has 1 heterocycles. The van der Waals surface area contributed by atoms with Crippen LogP contribution in [0.2, 0.25) is 0 Å². The van der Waals surface area contributed by atoms with Gasteiger partial charge in [-0.05, 0) is 35.7 Å². The summed E-state index contributed by atoms with van der Waals surface area (Å²) in [4.78, 5) is 0. The zero-order valence-corrected chi connectivity index (χ0v) is 12.1. The van der Waals surface area contributed by atoms with Gasteiger partial charge in [0.05, 0.1) is 5.60 Å². The second-order valence-corrected chi connectivity index (χ2v) is 5.98. The van der Waals surface area contributed by atoms with Gasteiger partial charge in [-0.25, -0.2) is 0 Å². The molecular weight excluding hydrogens is 246 g/mol. The molecule has 2 heteroatoms. The lowest BCUT2D eigenvalue weighted by atomic mass is 9.75. The highest BCUT2D eigenvalue weighted by Crippen LogP contribution is 2.32. The normalized spacial score (nSPS) is 26.8. The van der Waals surface area contributed by atoms with Gasteiger partial charge in [0.1, 0.15) is 0 Å². The molecule has 1 aliphatic heterocycles. The largest absolute Gasteiger partial charge is 0.389 e. The van der Waals surface area contributed by atoms with E-state index < -0.39 is 5.60 Å². The maximum Gasteiger partial charge on any atom is 0.0740 e. The minimum Gasteiger partial charge on any atom is -0.389 e. The van der Waals surface area contributed by atoms with Crippen molar-refractivity contribution >= 4 is 10.8 Å². The molecule has 2 N–H and O–H groups in total. The Morgan fingerprint density at radius 2 is 2.00 bits per heavy atom. The van der Waals surface area contributed by atoms with Crippen molar-refractivity contribution in [2.75, 3.05) is 13.1 Å². The zero-order chi connectivity index (χ0) is 14.0. The van der Waals surface area contributed by atoms with Crippen molar-refractivity contribution in [3.8, 4) is 0 Å². The Bertz CT molecular complexity index is 589. The highest BCUT2D eigenvalue weighted by atomic mass is 16.3. The van der Waals surface area contributed by atoms with Crippen LogP contribution in [0, 0.1) is 5.92 Å². The molecule has 2 aromatic carbocycles. The highest BCUT2D eigenvalue weighted by molar-refractivity contribution is 5.85. The second kappa shape index (κ2) is 5.55. The molecule has 2 aromatic rings. The van der Waals surface area contributed by atoms with Crippen LogP contribution in [0.5, 0.6) is 0 Å². The monoisotopic (exact) mass is 269 g/mol. The zero-order valence-electron chi connectivity index (χ0n) is 12.1. The smallest absolute Gasteiger partial charge is 0.0740 e. The summed E-state index contributed by atoms with van der Waals surface area (Å²) < 4.78 is 0. The lowest BCUT2D eigenvalue weighted by Crippen LogP contribution is -2.51. The Morgan fingerprint density at radius 3 is 2.85 bits per heavy atom. The molecule has 0 amide bonds. The van der Waals surface area contributed by atoms with E-state index in [9.17, 15) is 5.11 Å². The molecule has 106 valence electrons. The number of aliphatic hydroxyl groups is 1. The fraction of sp³-hybridized carbons (Fsp3) is 0.444. The second-order valence-electron chi connectivity index (χ2n) is 5.98. The predicted octanol–water partition coefficient (Wildman–Crippen LogP) is 3.13. The minimum atomic E-state index is -0.565. The van der Waals surface area contributed by atoms with Crippen LogP contribution in [0.15, 0.2) is 42.5 Å². The van der Waals surface area contributed by atoms with Gasteiger partial charge in [0.2, 0.25) is 0 Å². The van der Waals surface area contributed by atoms with E-state index in [1.807, 2.05) is 0 Å². The number of hydrogen-bond acceptors (Lipinski definition) is 2. The van der Waals surface area contributed by atoms with Crippen LogP contribution in [0.1, 0.15) is 25.3 Å². The Balaban J connectivity index is 1.95.